The van der Waals surface area contributed by atoms with Crippen molar-refractivity contribution in [3.05, 3.63) is 0 Å². The molecule has 1 unspecified atom stereocenters. The van der Waals surface area contributed by atoms with Crippen LogP contribution in [0.1, 0.15) is 59.3 Å². The first-order chi connectivity index (χ1) is 10.8. The number of nitrogens with one attached hydrogen (secondary N) is 1. The minimum Gasteiger partial charge on any atom is -0.444 e. The quantitative estimate of drug-likeness (QED) is 0.392. The summed E-state index contributed by atoms with van der Waals surface area (Å²) in [5, 5.41) is 3.33. The fourth-order valence-corrected chi connectivity index (χ4v) is 3.20. The third kappa shape index (κ3) is 7.44. The number of hydrogen-bond acceptors (Lipinski definition) is 3. The van der Waals surface area contributed by atoms with Gasteiger partial charge in [-0.1, -0.05) is 19.3 Å². The van der Waals surface area contributed by atoms with Crippen molar-refractivity contribution >= 4 is 36.0 Å². The first-order valence-electron chi connectivity index (χ1n) is 8.88. The first kappa shape index (κ1) is 21.3. The van der Waals surface area contributed by atoms with Gasteiger partial charge in [0.05, 0.1) is 0 Å². The summed E-state index contributed by atoms with van der Waals surface area (Å²) in [5.74, 6) is 0.918. The molecule has 2 rings (SSSR count). The molecule has 1 amide bonds. The molecule has 0 radical (unpaired) electrons. The third-order valence-electron chi connectivity index (χ3n) is 4.41. The Morgan fingerprint density at radius 3 is 2.54 bits per heavy atom. The fraction of sp³-hybridized carbons (Fsp3) is 0.882. The van der Waals surface area contributed by atoms with Gasteiger partial charge < -0.3 is 20.7 Å². The van der Waals surface area contributed by atoms with E-state index in [1.807, 2.05) is 20.8 Å². The maximum atomic E-state index is 12.0. The molecule has 1 aliphatic carbocycles. The molecule has 1 aliphatic heterocycles. The van der Waals surface area contributed by atoms with E-state index in [-0.39, 0.29) is 30.1 Å². The van der Waals surface area contributed by atoms with Crippen molar-refractivity contribution in [1.82, 2.24) is 10.2 Å². The van der Waals surface area contributed by atoms with Crippen LogP contribution in [0.15, 0.2) is 4.99 Å². The number of ether oxygens (including phenoxy) is 1. The van der Waals surface area contributed by atoms with Gasteiger partial charge >= 0.3 is 6.09 Å². The van der Waals surface area contributed by atoms with Crippen molar-refractivity contribution in [2.24, 2.45) is 16.6 Å². The summed E-state index contributed by atoms with van der Waals surface area (Å²) in [6.07, 6.45) is 6.99. The Bertz CT molecular complexity index is 431. The standard InChI is InChI=1S/C17H32N4O2.HI/c1-17(2,3)23-16(22)21-10-9-13(12-21)11-19-15(18)20-14-7-5-4-6-8-14;/h13-14H,4-12H2,1-3H3,(H3,18,19,20);1H. The summed E-state index contributed by atoms with van der Waals surface area (Å²) < 4.78 is 5.41. The molecule has 0 aromatic heterocycles. The molecule has 6 nitrogen and oxygen atoms in total. The maximum Gasteiger partial charge on any atom is 0.410 e. The molecule has 1 atom stereocenters. The van der Waals surface area contributed by atoms with Crippen LogP contribution in [-0.2, 0) is 4.74 Å². The number of guanidine groups is 1. The number of carbonyl (C=O) groups excluding carboxylic acids is 1. The van der Waals surface area contributed by atoms with Gasteiger partial charge in [-0.25, -0.2) is 4.79 Å². The second-order valence-electron chi connectivity index (χ2n) is 7.79. The van der Waals surface area contributed by atoms with Gasteiger partial charge in [-0.2, -0.15) is 0 Å². The molecule has 24 heavy (non-hydrogen) atoms. The van der Waals surface area contributed by atoms with E-state index in [1.165, 1.54) is 32.1 Å². The van der Waals surface area contributed by atoms with E-state index in [1.54, 1.807) is 4.90 Å². The monoisotopic (exact) mass is 452 g/mol. The Morgan fingerprint density at radius 2 is 1.92 bits per heavy atom. The maximum absolute atomic E-state index is 12.0. The van der Waals surface area contributed by atoms with Gasteiger partial charge in [0.25, 0.3) is 0 Å². The lowest BCUT2D eigenvalue weighted by atomic mass is 9.96. The van der Waals surface area contributed by atoms with E-state index in [9.17, 15) is 4.79 Å². The SMILES string of the molecule is CC(C)(C)OC(=O)N1CCC(CN=C(N)NC2CCCCC2)C1.I. The normalized spacial score (nSPS) is 22.9. The van der Waals surface area contributed by atoms with Crippen molar-refractivity contribution in [1.29, 1.82) is 0 Å². The number of hydrogen-bond donors (Lipinski definition) is 2. The molecule has 0 bridgehead atoms. The minimum absolute atomic E-state index is 0. The summed E-state index contributed by atoms with van der Waals surface area (Å²) in [4.78, 5) is 18.3. The number of amides is 1. The predicted molar refractivity (Wildman–Crippen MR) is 108 cm³/mol. The highest BCUT2D eigenvalue weighted by atomic mass is 127. The minimum atomic E-state index is -0.443. The molecular formula is C17H33IN4O2. The van der Waals surface area contributed by atoms with Crippen LogP contribution in [0.3, 0.4) is 0 Å². The molecule has 7 heteroatoms. The summed E-state index contributed by atoms with van der Waals surface area (Å²) in [5.41, 5.74) is 5.55. The van der Waals surface area contributed by atoms with Crippen molar-refractivity contribution in [3.63, 3.8) is 0 Å². The van der Waals surface area contributed by atoms with E-state index < -0.39 is 5.60 Å². The highest BCUT2D eigenvalue weighted by Crippen LogP contribution is 2.20. The van der Waals surface area contributed by atoms with Crippen LogP contribution in [0.2, 0.25) is 0 Å². The van der Waals surface area contributed by atoms with Crippen LogP contribution in [0.5, 0.6) is 0 Å². The Morgan fingerprint density at radius 1 is 1.25 bits per heavy atom. The number of likely N-dealkylation sites (tertiary alicyclic amines) is 1. The molecule has 2 aliphatic rings. The average Bonchev–Trinajstić information content (AvgIpc) is 2.93. The molecule has 0 spiro atoms. The number of aliphatic imine (C=N–C) groups is 1. The van der Waals surface area contributed by atoms with Crippen LogP contribution in [0.25, 0.3) is 0 Å². The molecule has 140 valence electrons. The molecule has 1 heterocycles. The van der Waals surface area contributed by atoms with Crippen LogP contribution < -0.4 is 11.1 Å². The fourth-order valence-electron chi connectivity index (χ4n) is 3.20. The zero-order chi connectivity index (χ0) is 16.9. The van der Waals surface area contributed by atoms with Gasteiger partial charge in [-0.15, -0.1) is 24.0 Å². The summed E-state index contributed by atoms with van der Waals surface area (Å²) in [6, 6.07) is 0.481. The summed E-state index contributed by atoms with van der Waals surface area (Å²) in [7, 11) is 0. The first-order valence-corrected chi connectivity index (χ1v) is 8.88. The van der Waals surface area contributed by atoms with E-state index >= 15 is 0 Å². The number of rotatable bonds is 3. The topological polar surface area (TPSA) is 80.0 Å². The van der Waals surface area contributed by atoms with Gasteiger partial charge in [-0.05, 0) is 46.0 Å². The van der Waals surface area contributed by atoms with E-state index in [4.69, 9.17) is 10.5 Å². The summed E-state index contributed by atoms with van der Waals surface area (Å²) >= 11 is 0. The van der Waals surface area contributed by atoms with Crippen molar-refractivity contribution in [2.45, 2.75) is 70.9 Å². The lowest BCUT2D eigenvalue weighted by Gasteiger charge is -2.24. The Hall–Kier alpha value is -0.730. The van der Waals surface area contributed by atoms with Crippen LogP contribution in [-0.4, -0.2) is 48.2 Å². The van der Waals surface area contributed by atoms with Crippen LogP contribution in [0, 0.1) is 5.92 Å². The van der Waals surface area contributed by atoms with Gasteiger partial charge in [0.15, 0.2) is 5.96 Å². The van der Waals surface area contributed by atoms with Crippen molar-refractivity contribution in [2.75, 3.05) is 19.6 Å². The number of nitrogens with two attached hydrogens (primary N) is 1. The zero-order valence-corrected chi connectivity index (χ0v) is 17.5. The predicted octanol–water partition coefficient (Wildman–Crippen LogP) is 3.10. The number of nitrogens with zero attached hydrogens (tertiary/aromatic N) is 2. The lowest BCUT2D eigenvalue weighted by molar-refractivity contribution is 0.0289. The average molecular weight is 452 g/mol. The molecule has 1 saturated heterocycles. The molecule has 2 fully saturated rings. The van der Waals surface area contributed by atoms with Crippen molar-refractivity contribution in [3.8, 4) is 0 Å². The highest BCUT2D eigenvalue weighted by Gasteiger charge is 2.29. The third-order valence-corrected chi connectivity index (χ3v) is 4.41. The van der Waals surface area contributed by atoms with Crippen molar-refractivity contribution < 1.29 is 9.53 Å². The van der Waals surface area contributed by atoms with E-state index in [2.05, 4.69) is 10.3 Å². The van der Waals surface area contributed by atoms with Gasteiger partial charge in [0.2, 0.25) is 0 Å². The largest absolute Gasteiger partial charge is 0.444 e. The molecular weight excluding hydrogens is 419 g/mol. The highest BCUT2D eigenvalue weighted by molar-refractivity contribution is 14.0. The molecule has 3 N–H and O–H groups in total. The summed E-state index contributed by atoms with van der Waals surface area (Å²) in [6.45, 7) is 7.78. The molecule has 0 aromatic carbocycles. The second-order valence-corrected chi connectivity index (χ2v) is 7.79. The van der Waals surface area contributed by atoms with Crippen LogP contribution in [0.4, 0.5) is 4.79 Å². The number of halogens is 1. The Labute approximate surface area is 163 Å². The van der Waals surface area contributed by atoms with Crippen LogP contribution >= 0.6 is 24.0 Å². The number of carbonyl (C=O) groups is 1. The lowest BCUT2D eigenvalue weighted by Crippen LogP contribution is -2.41. The molecule has 1 saturated carbocycles. The zero-order valence-electron chi connectivity index (χ0n) is 15.2. The smallest absolute Gasteiger partial charge is 0.410 e. The Kier molecular flexibility index (Phi) is 8.59. The Balaban J connectivity index is 0.00000288. The molecule has 0 aromatic rings. The van der Waals surface area contributed by atoms with Gasteiger partial charge in [-0.3, -0.25) is 4.99 Å². The van der Waals surface area contributed by atoms with Gasteiger partial charge in [0.1, 0.15) is 5.60 Å². The van der Waals surface area contributed by atoms with Gasteiger partial charge in [0, 0.05) is 25.7 Å². The van der Waals surface area contributed by atoms with E-state index in [0.717, 1.165) is 13.0 Å². The second kappa shape index (κ2) is 9.68. The van der Waals surface area contributed by atoms with E-state index in [0.29, 0.717) is 31.0 Å².